The van der Waals surface area contributed by atoms with Crippen molar-refractivity contribution in [3.63, 3.8) is 0 Å². The molecule has 4 aromatic heterocycles. The van der Waals surface area contributed by atoms with Crippen LogP contribution in [0.3, 0.4) is 0 Å². The molecule has 1 amide bonds. The fraction of sp³-hybridized carbons (Fsp3) is 0.150. The standard InChI is InChI=1S/C20H15ClN8O3/c21-14-2-1-6-23-18(14)29-17-13(10-27-29)20(26-11-25-17)32-15(5-7-30)19(31)28-16-4-3-12(8-22)9-24-16/h1-4,6,9-11,15,30H,5,7H2,(H,24,28,31)/t15-/m0/s1. The van der Waals surface area contributed by atoms with E-state index in [1.54, 1.807) is 18.3 Å². The molecule has 4 aromatic rings. The summed E-state index contributed by atoms with van der Waals surface area (Å²) in [5.41, 5.74) is 0.743. The number of anilines is 1. The van der Waals surface area contributed by atoms with Gasteiger partial charge in [-0.25, -0.2) is 19.9 Å². The lowest BCUT2D eigenvalue weighted by atomic mass is 10.2. The molecule has 0 saturated carbocycles. The predicted molar refractivity (Wildman–Crippen MR) is 113 cm³/mol. The van der Waals surface area contributed by atoms with E-state index < -0.39 is 12.0 Å². The molecular formula is C20H15ClN8O3. The molecule has 1 atom stereocenters. The molecule has 11 nitrogen and oxygen atoms in total. The SMILES string of the molecule is N#Cc1ccc(NC(=O)[C@H](CCO)Oc2ncnc3c2cnn3-c2ncccc2Cl)nc1. The number of carbonyl (C=O) groups is 1. The summed E-state index contributed by atoms with van der Waals surface area (Å²) in [5.74, 6) is 0.189. The minimum Gasteiger partial charge on any atom is -0.464 e. The molecule has 0 aliphatic carbocycles. The summed E-state index contributed by atoms with van der Waals surface area (Å²) in [7, 11) is 0. The van der Waals surface area contributed by atoms with Crippen molar-refractivity contribution in [2.45, 2.75) is 12.5 Å². The molecule has 0 bridgehead atoms. The number of aliphatic hydroxyl groups is 1. The van der Waals surface area contributed by atoms with Gasteiger partial charge in [-0.15, -0.1) is 0 Å². The third kappa shape index (κ3) is 4.31. The Morgan fingerprint density at radius 3 is 2.84 bits per heavy atom. The largest absolute Gasteiger partial charge is 0.464 e. The number of hydrogen-bond acceptors (Lipinski definition) is 9. The molecule has 0 saturated heterocycles. The number of hydrogen-bond donors (Lipinski definition) is 2. The molecule has 12 heteroatoms. The number of halogens is 1. The Hall–Kier alpha value is -4.14. The van der Waals surface area contributed by atoms with Gasteiger partial charge < -0.3 is 15.2 Å². The molecule has 0 radical (unpaired) electrons. The predicted octanol–water partition coefficient (Wildman–Crippen LogP) is 1.90. The molecule has 0 fully saturated rings. The van der Waals surface area contributed by atoms with Crippen molar-refractivity contribution < 1.29 is 14.6 Å². The monoisotopic (exact) mass is 450 g/mol. The van der Waals surface area contributed by atoms with E-state index in [0.717, 1.165) is 0 Å². The van der Waals surface area contributed by atoms with E-state index in [4.69, 9.17) is 21.6 Å². The van der Waals surface area contributed by atoms with Gasteiger partial charge >= 0.3 is 0 Å². The van der Waals surface area contributed by atoms with Crippen molar-refractivity contribution in [2.24, 2.45) is 0 Å². The smallest absolute Gasteiger partial charge is 0.266 e. The van der Waals surface area contributed by atoms with Crippen LogP contribution in [0.4, 0.5) is 5.82 Å². The fourth-order valence-electron chi connectivity index (χ4n) is 2.84. The minimum absolute atomic E-state index is 0.00775. The van der Waals surface area contributed by atoms with Gasteiger partial charge in [0.25, 0.3) is 5.91 Å². The molecule has 0 spiro atoms. The summed E-state index contributed by atoms with van der Waals surface area (Å²) >= 11 is 6.22. The van der Waals surface area contributed by atoms with Gasteiger partial charge in [0.15, 0.2) is 17.6 Å². The van der Waals surface area contributed by atoms with E-state index in [1.807, 2.05) is 6.07 Å². The van der Waals surface area contributed by atoms with E-state index in [9.17, 15) is 9.90 Å². The molecule has 2 N–H and O–H groups in total. The lowest BCUT2D eigenvalue weighted by Gasteiger charge is -2.17. The number of nitrogens with zero attached hydrogens (tertiary/aromatic N) is 7. The number of rotatable bonds is 7. The quantitative estimate of drug-likeness (QED) is 0.429. The van der Waals surface area contributed by atoms with Crippen molar-refractivity contribution in [2.75, 3.05) is 11.9 Å². The van der Waals surface area contributed by atoms with Gasteiger partial charge in [-0.1, -0.05) is 11.6 Å². The van der Waals surface area contributed by atoms with Crippen LogP contribution < -0.4 is 10.1 Å². The molecular weight excluding hydrogens is 436 g/mol. The highest BCUT2D eigenvalue weighted by Crippen LogP contribution is 2.26. The number of aliphatic hydroxyl groups excluding tert-OH is 1. The molecule has 0 aromatic carbocycles. The topological polar surface area (TPSA) is 152 Å². The Balaban J connectivity index is 1.60. The number of ether oxygens (including phenoxy) is 1. The van der Waals surface area contributed by atoms with E-state index in [0.29, 0.717) is 27.4 Å². The maximum Gasteiger partial charge on any atom is 0.266 e. The highest BCUT2D eigenvalue weighted by Gasteiger charge is 2.24. The van der Waals surface area contributed by atoms with Gasteiger partial charge in [0.05, 0.1) is 16.8 Å². The van der Waals surface area contributed by atoms with Crippen LogP contribution in [0, 0.1) is 11.3 Å². The Morgan fingerprint density at radius 2 is 2.12 bits per heavy atom. The second kappa shape index (κ2) is 9.34. The molecule has 0 unspecified atom stereocenters. The molecule has 160 valence electrons. The van der Waals surface area contributed by atoms with E-state index in [-0.39, 0.29) is 24.7 Å². The second-order valence-electron chi connectivity index (χ2n) is 6.43. The summed E-state index contributed by atoms with van der Waals surface area (Å²) in [4.78, 5) is 29.3. The fourth-order valence-corrected chi connectivity index (χ4v) is 3.04. The summed E-state index contributed by atoms with van der Waals surface area (Å²) in [5, 5.41) is 25.9. The highest BCUT2D eigenvalue weighted by atomic mass is 35.5. The van der Waals surface area contributed by atoms with Crippen molar-refractivity contribution >= 4 is 34.4 Å². The van der Waals surface area contributed by atoms with Crippen LogP contribution in [-0.2, 0) is 4.79 Å². The van der Waals surface area contributed by atoms with Crippen LogP contribution >= 0.6 is 11.6 Å². The van der Waals surface area contributed by atoms with Gasteiger partial charge in [0.2, 0.25) is 5.88 Å². The van der Waals surface area contributed by atoms with Gasteiger partial charge in [-0.3, -0.25) is 4.79 Å². The summed E-state index contributed by atoms with van der Waals surface area (Å²) in [6.07, 6.45) is 4.59. The minimum atomic E-state index is -1.07. The maximum atomic E-state index is 12.7. The number of carbonyl (C=O) groups excluding carboxylic acids is 1. The molecule has 0 aliphatic rings. The van der Waals surface area contributed by atoms with Gasteiger partial charge in [0, 0.05) is 25.4 Å². The number of fused-ring (bicyclic) bond motifs is 1. The zero-order valence-electron chi connectivity index (χ0n) is 16.4. The Morgan fingerprint density at radius 1 is 1.25 bits per heavy atom. The first-order valence-electron chi connectivity index (χ1n) is 9.35. The molecule has 4 heterocycles. The zero-order valence-corrected chi connectivity index (χ0v) is 17.1. The lowest BCUT2D eigenvalue weighted by Crippen LogP contribution is -2.34. The first kappa shape index (κ1) is 21.1. The third-order valence-corrected chi connectivity index (χ3v) is 4.65. The van der Waals surface area contributed by atoms with Gasteiger partial charge in [-0.05, 0) is 24.3 Å². The average Bonchev–Trinajstić information content (AvgIpc) is 3.24. The van der Waals surface area contributed by atoms with E-state index >= 15 is 0 Å². The van der Waals surface area contributed by atoms with Gasteiger partial charge in [-0.2, -0.15) is 15.0 Å². The third-order valence-electron chi connectivity index (χ3n) is 4.35. The van der Waals surface area contributed by atoms with E-state index in [1.165, 1.54) is 35.5 Å². The molecule has 0 aliphatic heterocycles. The Kier molecular flexibility index (Phi) is 6.16. The number of nitrogens with one attached hydrogen (secondary N) is 1. The van der Waals surface area contributed by atoms with Crippen LogP contribution in [0.25, 0.3) is 16.9 Å². The Bertz CT molecular complexity index is 1300. The lowest BCUT2D eigenvalue weighted by molar-refractivity contribution is -0.123. The van der Waals surface area contributed by atoms with Crippen LogP contribution in [0.1, 0.15) is 12.0 Å². The van der Waals surface area contributed by atoms with Crippen LogP contribution in [0.5, 0.6) is 5.88 Å². The number of amides is 1. The van der Waals surface area contributed by atoms with Crippen LogP contribution in [0.2, 0.25) is 5.02 Å². The molecule has 4 rings (SSSR count). The molecule has 32 heavy (non-hydrogen) atoms. The summed E-state index contributed by atoms with van der Waals surface area (Å²) < 4.78 is 7.26. The zero-order chi connectivity index (χ0) is 22.5. The summed E-state index contributed by atoms with van der Waals surface area (Å²) in [6.45, 7) is -0.296. The summed E-state index contributed by atoms with van der Waals surface area (Å²) in [6, 6.07) is 8.34. The number of nitriles is 1. The highest BCUT2D eigenvalue weighted by molar-refractivity contribution is 6.32. The van der Waals surface area contributed by atoms with Crippen LogP contribution in [0.15, 0.2) is 49.2 Å². The normalized spacial score (nSPS) is 11.7. The average molecular weight is 451 g/mol. The van der Waals surface area contributed by atoms with Crippen LogP contribution in [-0.4, -0.2) is 53.4 Å². The first-order chi connectivity index (χ1) is 15.6. The maximum absolute atomic E-state index is 12.7. The van der Waals surface area contributed by atoms with Crippen molar-refractivity contribution in [3.05, 3.63) is 59.8 Å². The Labute approximate surface area is 186 Å². The number of pyridine rings is 2. The first-order valence-corrected chi connectivity index (χ1v) is 9.72. The second-order valence-corrected chi connectivity index (χ2v) is 6.84. The van der Waals surface area contributed by atoms with Crippen molar-refractivity contribution in [3.8, 4) is 17.8 Å². The van der Waals surface area contributed by atoms with Crippen molar-refractivity contribution in [1.82, 2.24) is 29.7 Å². The number of aromatic nitrogens is 6. The van der Waals surface area contributed by atoms with Gasteiger partial charge in [0.1, 0.15) is 23.6 Å². The van der Waals surface area contributed by atoms with Crippen molar-refractivity contribution in [1.29, 1.82) is 5.26 Å². The van der Waals surface area contributed by atoms with E-state index in [2.05, 4.69) is 30.4 Å².